The van der Waals surface area contributed by atoms with Gasteiger partial charge in [0.15, 0.2) is 11.5 Å². The number of aliphatic hydroxyl groups excluding tert-OH is 1. The number of nitrogens with zero attached hydrogens (tertiary/aromatic N) is 2. The molecule has 0 aromatic heterocycles. The van der Waals surface area contributed by atoms with Gasteiger partial charge in [-0.25, -0.2) is 0 Å². The molecule has 8 nitrogen and oxygen atoms in total. The van der Waals surface area contributed by atoms with Gasteiger partial charge in [-0.05, 0) is 61.8 Å². The van der Waals surface area contributed by atoms with Crippen LogP contribution in [0.15, 0.2) is 48.0 Å². The molecule has 2 fully saturated rings. The molecule has 3 heterocycles. The number of benzene rings is 2. The van der Waals surface area contributed by atoms with Crippen LogP contribution in [0.3, 0.4) is 0 Å². The van der Waals surface area contributed by atoms with E-state index in [1.54, 1.807) is 42.3 Å². The van der Waals surface area contributed by atoms with Crippen molar-refractivity contribution in [3.8, 4) is 17.2 Å². The summed E-state index contributed by atoms with van der Waals surface area (Å²) in [6, 6.07) is 11.5. The highest BCUT2D eigenvalue weighted by Crippen LogP contribution is 2.42. The minimum atomic E-state index is -0.715. The van der Waals surface area contributed by atoms with Gasteiger partial charge in [0.05, 0.1) is 18.7 Å². The van der Waals surface area contributed by atoms with Crippen LogP contribution in [-0.2, 0) is 9.59 Å². The fourth-order valence-electron chi connectivity index (χ4n) is 4.72. The maximum absolute atomic E-state index is 13.2. The van der Waals surface area contributed by atoms with Crippen LogP contribution < -0.4 is 14.2 Å². The lowest BCUT2D eigenvalue weighted by Gasteiger charge is -2.27. The van der Waals surface area contributed by atoms with Crippen LogP contribution in [0.1, 0.15) is 30.0 Å². The number of likely N-dealkylation sites (tertiary alicyclic amines) is 2. The third kappa shape index (κ3) is 3.91. The van der Waals surface area contributed by atoms with Gasteiger partial charge in [-0.1, -0.05) is 12.1 Å². The number of Topliss-reactive ketones (excluding diaryl/α,β-unsaturated/α-hetero) is 1. The number of amides is 1. The lowest BCUT2D eigenvalue weighted by Crippen LogP contribution is -2.37. The highest BCUT2D eigenvalue weighted by atomic mass is 16.7. The van der Waals surface area contributed by atoms with E-state index < -0.39 is 17.7 Å². The molecule has 2 aromatic carbocycles. The molecule has 1 amide bonds. The zero-order valence-electron chi connectivity index (χ0n) is 18.5. The Morgan fingerprint density at radius 1 is 1.06 bits per heavy atom. The van der Waals surface area contributed by atoms with E-state index in [1.165, 1.54) is 0 Å². The number of aliphatic hydroxyl groups is 1. The van der Waals surface area contributed by atoms with Gasteiger partial charge >= 0.3 is 0 Å². The van der Waals surface area contributed by atoms with E-state index in [1.807, 2.05) is 12.1 Å². The van der Waals surface area contributed by atoms with E-state index >= 15 is 0 Å². The van der Waals surface area contributed by atoms with Crippen molar-refractivity contribution in [2.45, 2.75) is 18.9 Å². The van der Waals surface area contributed by atoms with E-state index in [2.05, 4.69) is 4.90 Å². The molecule has 2 aromatic rings. The normalized spacial score (nSPS) is 21.7. The molecule has 1 atom stereocenters. The fourth-order valence-corrected chi connectivity index (χ4v) is 4.72. The van der Waals surface area contributed by atoms with Crippen molar-refractivity contribution in [1.29, 1.82) is 0 Å². The number of fused-ring (bicyclic) bond motifs is 1. The second-order valence-electron chi connectivity index (χ2n) is 8.39. The smallest absolute Gasteiger partial charge is 0.295 e. The van der Waals surface area contributed by atoms with Gasteiger partial charge in [0, 0.05) is 18.7 Å². The number of carbonyl (C=O) groups is 2. The van der Waals surface area contributed by atoms with Crippen LogP contribution in [0.5, 0.6) is 17.2 Å². The van der Waals surface area contributed by atoms with Crippen LogP contribution in [-0.4, -0.2) is 66.7 Å². The molecule has 3 aliphatic rings. The van der Waals surface area contributed by atoms with Crippen LogP contribution in [0.4, 0.5) is 0 Å². The number of ether oxygens (including phenoxy) is 3. The number of carbonyl (C=O) groups excluding carboxylic acids is 2. The second-order valence-corrected chi connectivity index (χ2v) is 8.39. The van der Waals surface area contributed by atoms with Crippen molar-refractivity contribution < 1.29 is 28.9 Å². The van der Waals surface area contributed by atoms with Crippen LogP contribution >= 0.6 is 0 Å². The Morgan fingerprint density at radius 3 is 2.64 bits per heavy atom. The molecule has 2 saturated heterocycles. The summed E-state index contributed by atoms with van der Waals surface area (Å²) in [7, 11) is 1.57. The first kappa shape index (κ1) is 21.3. The van der Waals surface area contributed by atoms with E-state index in [9.17, 15) is 14.7 Å². The average molecular weight is 450 g/mol. The fraction of sp³-hybridized carbons (Fsp3) is 0.360. The van der Waals surface area contributed by atoms with Gasteiger partial charge in [0.1, 0.15) is 11.5 Å². The predicted octanol–water partition coefficient (Wildman–Crippen LogP) is 2.94. The van der Waals surface area contributed by atoms with Crippen molar-refractivity contribution >= 4 is 17.4 Å². The molecule has 1 N–H and O–H groups in total. The molecule has 0 aliphatic carbocycles. The highest BCUT2D eigenvalue weighted by Gasteiger charge is 2.46. The van der Waals surface area contributed by atoms with Crippen molar-refractivity contribution in [3.63, 3.8) is 0 Å². The number of hydrogen-bond acceptors (Lipinski definition) is 7. The maximum atomic E-state index is 13.2. The van der Waals surface area contributed by atoms with E-state index in [-0.39, 0.29) is 18.1 Å². The van der Waals surface area contributed by atoms with Crippen LogP contribution in [0.2, 0.25) is 0 Å². The summed E-state index contributed by atoms with van der Waals surface area (Å²) in [5, 5.41) is 11.2. The lowest BCUT2D eigenvalue weighted by molar-refractivity contribution is -0.140. The average Bonchev–Trinajstić information content (AvgIpc) is 3.58. The van der Waals surface area contributed by atoms with E-state index in [0.717, 1.165) is 25.9 Å². The van der Waals surface area contributed by atoms with Crippen molar-refractivity contribution in [1.82, 2.24) is 9.80 Å². The first-order valence-electron chi connectivity index (χ1n) is 11.1. The van der Waals surface area contributed by atoms with Crippen molar-refractivity contribution in [3.05, 3.63) is 59.2 Å². The van der Waals surface area contributed by atoms with Gasteiger partial charge in [0.2, 0.25) is 6.79 Å². The SMILES string of the molecule is COc1cccc(C2/C(=C(\O)c3ccc4c(c3)OCO4)C(=O)C(=O)N2CCN2CCCC2)c1. The monoisotopic (exact) mass is 450 g/mol. The van der Waals surface area contributed by atoms with E-state index in [4.69, 9.17) is 14.2 Å². The van der Waals surface area contributed by atoms with Crippen molar-refractivity contribution in [2.75, 3.05) is 40.1 Å². The minimum Gasteiger partial charge on any atom is -0.507 e. The quantitative estimate of drug-likeness (QED) is 0.411. The van der Waals surface area contributed by atoms with Gasteiger partial charge < -0.3 is 29.1 Å². The molecule has 33 heavy (non-hydrogen) atoms. The predicted molar refractivity (Wildman–Crippen MR) is 120 cm³/mol. The first-order chi connectivity index (χ1) is 16.1. The molecular weight excluding hydrogens is 424 g/mol. The Morgan fingerprint density at radius 2 is 1.85 bits per heavy atom. The zero-order valence-corrected chi connectivity index (χ0v) is 18.5. The lowest BCUT2D eigenvalue weighted by atomic mass is 9.95. The summed E-state index contributed by atoms with van der Waals surface area (Å²) < 4.78 is 16.1. The molecule has 5 rings (SSSR count). The third-order valence-corrected chi connectivity index (χ3v) is 6.45. The standard InChI is InChI=1S/C25H26N2O6/c1-31-18-6-4-5-16(13-18)22-21(23(28)17-7-8-19-20(14-17)33-15-32-19)24(29)25(30)27(22)12-11-26-9-2-3-10-26/h4-8,13-14,22,28H,2-3,9-12,15H2,1H3/b23-21+. The summed E-state index contributed by atoms with van der Waals surface area (Å²) in [6.45, 7) is 3.15. The van der Waals surface area contributed by atoms with Gasteiger partial charge in [-0.2, -0.15) is 0 Å². The topological polar surface area (TPSA) is 88.5 Å². The Kier molecular flexibility index (Phi) is 5.68. The highest BCUT2D eigenvalue weighted by molar-refractivity contribution is 6.46. The molecule has 0 radical (unpaired) electrons. The summed E-state index contributed by atoms with van der Waals surface area (Å²) >= 11 is 0. The van der Waals surface area contributed by atoms with Gasteiger partial charge in [0.25, 0.3) is 11.7 Å². The Hall–Kier alpha value is -3.52. The van der Waals surface area contributed by atoms with Crippen LogP contribution in [0.25, 0.3) is 5.76 Å². The Balaban J connectivity index is 1.57. The number of ketones is 1. The first-order valence-corrected chi connectivity index (χ1v) is 11.1. The van der Waals surface area contributed by atoms with E-state index in [0.29, 0.717) is 41.5 Å². The summed E-state index contributed by atoms with van der Waals surface area (Å²) in [5.74, 6) is 0.134. The van der Waals surface area contributed by atoms with Gasteiger partial charge in [-0.15, -0.1) is 0 Å². The molecular formula is C25H26N2O6. The maximum Gasteiger partial charge on any atom is 0.295 e. The molecule has 172 valence electrons. The molecule has 1 unspecified atom stereocenters. The minimum absolute atomic E-state index is 0.0635. The number of methoxy groups -OCH3 is 1. The van der Waals surface area contributed by atoms with Gasteiger partial charge in [-0.3, -0.25) is 9.59 Å². The molecule has 3 aliphatic heterocycles. The van der Waals surface area contributed by atoms with Crippen molar-refractivity contribution in [2.24, 2.45) is 0 Å². The Bertz CT molecular complexity index is 1120. The summed E-state index contributed by atoms with van der Waals surface area (Å²) in [6.07, 6.45) is 2.28. The molecule has 0 spiro atoms. The van der Waals surface area contributed by atoms with Crippen LogP contribution in [0, 0.1) is 0 Å². The second kappa shape index (κ2) is 8.78. The third-order valence-electron chi connectivity index (χ3n) is 6.45. The summed E-state index contributed by atoms with van der Waals surface area (Å²) in [5.41, 5.74) is 1.16. The Labute approximate surface area is 192 Å². The molecule has 8 heteroatoms. The number of rotatable bonds is 6. The summed E-state index contributed by atoms with van der Waals surface area (Å²) in [4.78, 5) is 30.2. The largest absolute Gasteiger partial charge is 0.507 e. The molecule has 0 bridgehead atoms. The number of hydrogen-bond donors (Lipinski definition) is 1. The molecule has 0 saturated carbocycles. The zero-order chi connectivity index (χ0) is 22.9.